The minimum Gasteiger partial charge on any atom is -0.383 e. The largest absolute Gasteiger partial charge is 0.383 e. The summed E-state index contributed by atoms with van der Waals surface area (Å²) < 4.78 is 0. The molecule has 0 atom stereocenters. The van der Waals surface area contributed by atoms with Crippen LogP contribution in [0.5, 0.6) is 0 Å². The number of hydrogen-bond acceptors (Lipinski definition) is 5. The van der Waals surface area contributed by atoms with Crippen LogP contribution in [0, 0.1) is 6.92 Å². The van der Waals surface area contributed by atoms with Gasteiger partial charge in [0.15, 0.2) is 0 Å². The monoisotopic (exact) mass is 367 g/mol. The fraction of sp³-hybridized carbons (Fsp3) is 0.429. The number of aromatic nitrogens is 1. The molecule has 1 N–H and O–H groups in total. The Labute approximate surface area is 161 Å². The highest BCUT2D eigenvalue weighted by Gasteiger charge is 2.23. The predicted molar refractivity (Wildman–Crippen MR) is 111 cm³/mol. The quantitative estimate of drug-likeness (QED) is 0.849. The first kappa shape index (κ1) is 19.2. The number of amides is 1. The SMILES string of the molecule is Cc1cccc(N2CCN(C(=O)c3ccc(NCCN(C)C)cn3)CC2)c1. The van der Waals surface area contributed by atoms with Crippen molar-refractivity contribution >= 4 is 17.3 Å². The number of anilines is 2. The van der Waals surface area contributed by atoms with Crippen LogP contribution in [0.25, 0.3) is 0 Å². The van der Waals surface area contributed by atoms with Gasteiger partial charge in [-0.2, -0.15) is 0 Å². The summed E-state index contributed by atoms with van der Waals surface area (Å²) >= 11 is 0. The van der Waals surface area contributed by atoms with Crippen LogP contribution in [0.2, 0.25) is 0 Å². The molecule has 1 aromatic heterocycles. The molecular weight excluding hydrogens is 338 g/mol. The number of aryl methyl sites for hydroxylation is 1. The smallest absolute Gasteiger partial charge is 0.272 e. The van der Waals surface area contributed by atoms with Crippen molar-refractivity contribution in [1.29, 1.82) is 0 Å². The summed E-state index contributed by atoms with van der Waals surface area (Å²) in [5, 5.41) is 3.31. The zero-order valence-electron chi connectivity index (χ0n) is 16.5. The van der Waals surface area contributed by atoms with E-state index in [0.29, 0.717) is 5.69 Å². The summed E-state index contributed by atoms with van der Waals surface area (Å²) in [6.45, 7) is 7.04. The van der Waals surface area contributed by atoms with Gasteiger partial charge in [0, 0.05) is 45.0 Å². The summed E-state index contributed by atoms with van der Waals surface area (Å²) in [7, 11) is 4.08. The molecular formula is C21H29N5O. The highest BCUT2D eigenvalue weighted by atomic mass is 16.2. The average molecular weight is 367 g/mol. The van der Waals surface area contributed by atoms with E-state index in [1.807, 2.05) is 31.1 Å². The van der Waals surface area contributed by atoms with Crippen LogP contribution in [0.3, 0.4) is 0 Å². The van der Waals surface area contributed by atoms with E-state index in [2.05, 4.69) is 51.3 Å². The molecule has 0 saturated carbocycles. The molecule has 6 heteroatoms. The topological polar surface area (TPSA) is 51.7 Å². The van der Waals surface area contributed by atoms with Gasteiger partial charge >= 0.3 is 0 Å². The Morgan fingerprint density at radius 2 is 1.93 bits per heavy atom. The van der Waals surface area contributed by atoms with Gasteiger partial charge < -0.3 is 20.0 Å². The summed E-state index contributed by atoms with van der Waals surface area (Å²) in [4.78, 5) is 23.4. The molecule has 0 spiro atoms. The number of pyridine rings is 1. The van der Waals surface area contributed by atoms with E-state index in [4.69, 9.17) is 0 Å². The Morgan fingerprint density at radius 1 is 1.15 bits per heavy atom. The highest BCUT2D eigenvalue weighted by molar-refractivity contribution is 5.92. The Morgan fingerprint density at radius 3 is 2.56 bits per heavy atom. The lowest BCUT2D eigenvalue weighted by molar-refractivity contribution is 0.0741. The maximum absolute atomic E-state index is 12.7. The van der Waals surface area contributed by atoms with Gasteiger partial charge in [0.1, 0.15) is 5.69 Å². The van der Waals surface area contributed by atoms with E-state index in [0.717, 1.165) is 45.0 Å². The van der Waals surface area contributed by atoms with Gasteiger partial charge in [-0.1, -0.05) is 12.1 Å². The lowest BCUT2D eigenvalue weighted by Crippen LogP contribution is -2.49. The molecule has 1 aliphatic rings. The van der Waals surface area contributed by atoms with E-state index in [-0.39, 0.29) is 5.91 Å². The van der Waals surface area contributed by atoms with Crippen molar-refractivity contribution in [1.82, 2.24) is 14.8 Å². The first-order valence-corrected chi connectivity index (χ1v) is 9.48. The summed E-state index contributed by atoms with van der Waals surface area (Å²) in [5.74, 6) is 0.0127. The standard InChI is InChI=1S/C21H29N5O/c1-17-5-4-6-19(15-17)25-11-13-26(14-12-25)21(27)20-8-7-18(16-23-20)22-9-10-24(2)3/h4-8,15-16,22H,9-14H2,1-3H3. The molecule has 27 heavy (non-hydrogen) atoms. The van der Waals surface area contributed by atoms with Crippen molar-refractivity contribution in [2.24, 2.45) is 0 Å². The summed E-state index contributed by atoms with van der Waals surface area (Å²) in [5.41, 5.74) is 3.94. The lowest BCUT2D eigenvalue weighted by atomic mass is 10.2. The number of likely N-dealkylation sites (N-methyl/N-ethyl adjacent to an activating group) is 1. The summed E-state index contributed by atoms with van der Waals surface area (Å²) in [6, 6.07) is 12.3. The molecule has 6 nitrogen and oxygen atoms in total. The molecule has 1 saturated heterocycles. The number of carbonyl (C=O) groups is 1. The fourth-order valence-corrected chi connectivity index (χ4v) is 3.20. The van der Waals surface area contributed by atoms with E-state index in [1.165, 1.54) is 11.3 Å². The normalized spacial score (nSPS) is 14.5. The van der Waals surface area contributed by atoms with Gasteiger partial charge in [-0.15, -0.1) is 0 Å². The maximum Gasteiger partial charge on any atom is 0.272 e. The number of nitrogens with zero attached hydrogens (tertiary/aromatic N) is 4. The third-order valence-corrected chi connectivity index (χ3v) is 4.80. The molecule has 2 heterocycles. The molecule has 0 bridgehead atoms. The zero-order chi connectivity index (χ0) is 19.2. The number of nitrogens with one attached hydrogen (secondary N) is 1. The third-order valence-electron chi connectivity index (χ3n) is 4.80. The van der Waals surface area contributed by atoms with Gasteiger partial charge in [0.2, 0.25) is 0 Å². The number of benzene rings is 1. The number of carbonyl (C=O) groups excluding carboxylic acids is 1. The van der Waals surface area contributed by atoms with Gasteiger partial charge in [0.25, 0.3) is 5.91 Å². The van der Waals surface area contributed by atoms with Crippen LogP contribution >= 0.6 is 0 Å². The van der Waals surface area contributed by atoms with Crippen LogP contribution in [-0.2, 0) is 0 Å². The van der Waals surface area contributed by atoms with Crippen molar-refractivity contribution in [3.63, 3.8) is 0 Å². The fourth-order valence-electron chi connectivity index (χ4n) is 3.20. The first-order valence-electron chi connectivity index (χ1n) is 9.48. The van der Waals surface area contributed by atoms with E-state index >= 15 is 0 Å². The van der Waals surface area contributed by atoms with Crippen LogP contribution in [0.4, 0.5) is 11.4 Å². The summed E-state index contributed by atoms with van der Waals surface area (Å²) in [6.07, 6.45) is 1.74. The number of rotatable bonds is 6. The number of hydrogen-bond donors (Lipinski definition) is 1. The second-order valence-electron chi connectivity index (χ2n) is 7.28. The Kier molecular flexibility index (Phi) is 6.29. The minimum absolute atomic E-state index is 0.0127. The Balaban J connectivity index is 1.53. The van der Waals surface area contributed by atoms with Gasteiger partial charge in [0.05, 0.1) is 11.9 Å². The predicted octanol–water partition coefficient (Wildman–Crippen LogP) is 2.33. The van der Waals surface area contributed by atoms with Crippen LogP contribution in [-0.4, -0.2) is 74.1 Å². The molecule has 1 aromatic carbocycles. The molecule has 0 radical (unpaired) electrons. The van der Waals surface area contributed by atoms with Gasteiger partial charge in [-0.25, -0.2) is 4.98 Å². The molecule has 2 aromatic rings. The second-order valence-corrected chi connectivity index (χ2v) is 7.28. The molecule has 1 fully saturated rings. The average Bonchev–Trinajstić information content (AvgIpc) is 2.68. The van der Waals surface area contributed by atoms with Crippen molar-refractivity contribution < 1.29 is 4.79 Å². The van der Waals surface area contributed by atoms with Crippen LogP contribution in [0.15, 0.2) is 42.6 Å². The Hall–Kier alpha value is -2.60. The van der Waals surface area contributed by atoms with Crippen LogP contribution < -0.4 is 10.2 Å². The molecule has 1 aliphatic heterocycles. The van der Waals surface area contributed by atoms with E-state index in [1.54, 1.807) is 6.20 Å². The lowest BCUT2D eigenvalue weighted by Gasteiger charge is -2.36. The molecule has 3 rings (SSSR count). The molecule has 1 amide bonds. The van der Waals surface area contributed by atoms with Crippen LogP contribution in [0.1, 0.15) is 16.1 Å². The van der Waals surface area contributed by atoms with Gasteiger partial charge in [-0.3, -0.25) is 4.79 Å². The van der Waals surface area contributed by atoms with E-state index in [9.17, 15) is 4.79 Å². The van der Waals surface area contributed by atoms with Gasteiger partial charge in [-0.05, 0) is 50.8 Å². The minimum atomic E-state index is 0.0127. The van der Waals surface area contributed by atoms with Crippen molar-refractivity contribution in [2.45, 2.75) is 6.92 Å². The molecule has 0 unspecified atom stereocenters. The van der Waals surface area contributed by atoms with Crippen molar-refractivity contribution in [2.75, 3.05) is 63.6 Å². The maximum atomic E-state index is 12.7. The molecule has 144 valence electrons. The highest BCUT2D eigenvalue weighted by Crippen LogP contribution is 2.18. The van der Waals surface area contributed by atoms with E-state index < -0.39 is 0 Å². The van der Waals surface area contributed by atoms with Crippen molar-refractivity contribution in [3.05, 3.63) is 53.9 Å². The zero-order valence-corrected chi connectivity index (χ0v) is 16.5. The number of piperazine rings is 1. The first-order chi connectivity index (χ1) is 13.0. The van der Waals surface area contributed by atoms with Crippen molar-refractivity contribution in [3.8, 4) is 0 Å². The second kappa shape index (κ2) is 8.86. The Bertz CT molecular complexity index is 751. The third kappa shape index (κ3) is 5.20. The molecule has 0 aliphatic carbocycles.